The summed E-state index contributed by atoms with van der Waals surface area (Å²) in [5, 5.41) is 20.5. The molecule has 4 nitrogen and oxygen atoms in total. The van der Waals surface area contributed by atoms with E-state index in [0.717, 1.165) is 6.42 Å². The van der Waals surface area contributed by atoms with Crippen molar-refractivity contribution in [2.75, 3.05) is 0 Å². The van der Waals surface area contributed by atoms with E-state index in [-0.39, 0.29) is 11.3 Å². The standard InChI is InChI=1S/C20H30O4/c1-12-6-7-16-19(2,3)8-5-9-20(16,4)14(12)11-15(21)13-10-17(22)24-18(13)23/h6,10,14-16,18,21,23H,5,7-9,11H2,1-4H3/t14-,15+,16-,18?,20+/m0/s1. The lowest BCUT2D eigenvalue weighted by molar-refractivity contribution is -0.152. The Hall–Kier alpha value is -1.13. The molecule has 0 aromatic carbocycles. The minimum atomic E-state index is -1.30. The molecule has 24 heavy (non-hydrogen) atoms. The highest BCUT2D eigenvalue weighted by molar-refractivity contribution is 5.85. The molecule has 3 aliphatic rings. The van der Waals surface area contributed by atoms with Crippen LogP contribution in [-0.2, 0) is 9.53 Å². The van der Waals surface area contributed by atoms with Gasteiger partial charge in [0, 0.05) is 11.6 Å². The molecule has 1 fully saturated rings. The highest BCUT2D eigenvalue weighted by Crippen LogP contribution is 2.60. The lowest BCUT2D eigenvalue weighted by atomic mass is 9.48. The van der Waals surface area contributed by atoms with Crippen molar-refractivity contribution < 1.29 is 19.7 Å². The summed E-state index contributed by atoms with van der Waals surface area (Å²) in [6, 6.07) is 0. The molecule has 1 saturated carbocycles. The first-order valence-electron chi connectivity index (χ1n) is 9.10. The fourth-order valence-electron chi connectivity index (χ4n) is 5.63. The Balaban J connectivity index is 1.86. The van der Waals surface area contributed by atoms with Crippen LogP contribution in [0.15, 0.2) is 23.3 Å². The maximum Gasteiger partial charge on any atom is 0.333 e. The molecule has 0 saturated heterocycles. The van der Waals surface area contributed by atoms with Gasteiger partial charge < -0.3 is 14.9 Å². The molecule has 0 aromatic heterocycles. The molecule has 4 heteroatoms. The van der Waals surface area contributed by atoms with E-state index in [2.05, 4.69) is 33.8 Å². The molecule has 1 unspecified atom stereocenters. The first-order valence-corrected chi connectivity index (χ1v) is 9.10. The Morgan fingerprint density at radius 3 is 2.67 bits per heavy atom. The van der Waals surface area contributed by atoms with Crippen LogP contribution in [0.3, 0.4) is 0 Å². The number of hydrogen-bond donors (Lipinski definition) is 2. The predicted molar refractivity (Wildman–Crippen MR) is 91.9 cm³/mol. The second-order valence-corrected chi connectivity index (χ2v) is 8.82. The molecule has 134 valence electrons. The van der Waals surface area contributed by atoms with Gasteiger partial charge in [0.2, 0.25) is 6.29 Å². The van der Waals surface area contributed by atoms with Crippen molar-refractivity contribution >= 4 is 5.97 Å². The monoisotopic (exact) mass is 334 g/mol. The number of carbonyl (C=O) groups excluding carboxylic acids is 1. The van der Waals surface area contributed by atoms with E-state index in [0.29, 0.717) is 23.3 Å². The molecule has 0 spiro atoms. The van der Waals surface area contributed by atoms with Crippen LogP contribution < -0.4 is 0 Å². The Bertz CT molecular complexity index is 588. The van der Waals surface area contributed by atoms with Crippen molar-refractivity contribution in [3.8, 4) is 0 Å². The zero-order valence-electron chi connectivity index (χ0n) is 15.2. The van der Waals surface area contributed by atoms with Crippen molar-refractivity contribution in [3.63, 3.8) is 0 Å². The van der Waals surface area contributed by atoms with Crippen molar-refractivity contribution in [2.24, 2.45) is 22.7 Å². The number of aliphatic hydroxyl groups is 2. The zero-order chi connectivity index (χ0) is 17.7. The van der Waals surface area contributed by atoms with E-state index in [1.54, 1.807) is 0 Å². The van der Waals surface area contributed by atoms with Crippen LogP contribution in [0.1, 0.15) is 59.8 Å². The van der Waals surface area contributed by atoms with Gasteiger partial charge in [-0.25, -0.2) is 4.79 Å². The van der Waals surface area contributed by atoms with Crippen LogP contribution in [0.5, 0.6) is 0 Å². The minimum absolute atomic E-state index is 0.149. The summed E-state index contributed by atoms with van der Waals surface area (Å²) in [6.07, 6.45) is 6.70. The highest BCUT2D eigenvalue weighted by Gasteiger charge is 2.52. The maximum absolute atomic E-state index is 11.3. The number of ether oxygens (including phenoxy) is 1. The largest absolute Gasteiger partial charge is 0.429 e. The summed E-state index contributed by atoms with van der Waals surface area (Å²) in [6.45, 7) is 9.26. The number of esters is 1. The quantitative estimate of drug-likeness (QED) is 0.614. The third-order valence-electron chi connectivity index (χ3n) is 6.94. The highest BCUT2D eigenvalue weighted by atomic mass is 16.6. The van der Waals surface area contributed by atoms with Gasteiger partial charge in [-0.3, -0.25) is 0 Å². The van der Waals surface area contributed by atoms with E-state index in [4.69, 9.17) is 4.74 Å². The number of fused-ring (bicyclic) bond motifs is 1. The number of carbonyl (C=O) groups is 1. The van der Waals surface area contributed by atoms with Crippen LogP contribution in [0.25, 0.3) is 0 Å². The number of rotatable bonds is 3. The van der Waals surface area contributed by atoms with Gasteiger partial charge in [0.25, 0.3) is 0 Å². The molecule has 0 radical (unpaired) electrons. The maximum atomic E-state index is 11.3. The molecule has 5 atom stereocenters. The Labute approximate surface area is 144 Å². The number of cyclic esters (lactones) is 1. The molecule has 0 bridgehead atoms. The van der Waals surface area contributed by atoms with E-state index < -0.39 is 18.4 Å². The van der Waals surface area contributed by atoms with Gasteiger partial charge in [0.05, 0.1) is 6.10 Å². The van der Waals surface area contributed by atoms with Crippen molar-refractivity contribution in [3.05, 3.63) is 23.3 Å². The predicted octanol–water partition coefficient (Wildman–Crippen LogP) is 3.34. The molecule has 2 aliphatic carbocycles. The van der Waals surface area contributed by atoms with Gasteiger partial charge in [-0.2, -0.15) is 0 Å². The molecule has 2 N–H and O–H groups in total. The van der Waals surface area contributed by atoms with Crippen LogP contribution in [0, 0.1) is 22.7 Å². The Morgan fingerprint density at radius 1 is 1.33 bits per heavy atom. The summed E-state index contributed by atoms with van der Waals surface area (Å²) in [4.78, 5) is 11.3. The van der Waals surface area contributed by atoms with E-state index in [9.17, 15) is 15.0 Å². The molecular formula is C20H30O4. The third kappa shape index (κ3) is 2.84. The first kappa shape index (κ1) is 17.7. The topological polar surface area (TPSA) is 66.8 Å². The summed E-state index contributed by atoms with van der Waals surface area (Å²) in [5.41, 5.74) is 2.08. The van der Waals surface area contributed by atoms with Gasteiger partial charge in [0.15, 0.2) is 0 Å². The molecule has 3 rings (SSSR count). The van der Waals surface area contributed by atoms with Crippen LogP contribution in [0.4, 0.5) is 0 Å². The van der Waals surface area contributed by atoms with Gasteiger partial charge in [-0.15, -0.1) is 0 Å². The van der Waals surface area contributed by atoms with E-state index in [1.807, 2.05) is 0 Å². The van der Waals surface area contributed by atoms with Gasteiger partial charge >= 0.3 is 5.97 Å². The van der Waals surface area contributed by atoms with Crippen LogP contribution >= 0.6 is 0 Å². The zero-order valence-corrected chi connectivity index (χ0v) is 15.2. The third-order valence-corrected chi connectivity index (χ3v) is 6.94. The molecule has 0 aromatic rings. The number of allylic oxidation sites excluding steroid dienone is 2. The molecule has 0 amide bonds. The SMILES string of the molecule is CC1=CC[C@H]2C(C)(C)CCC[C@]2(C)[C@H]1C[C@@H](O)C1=CC(=O)OC1O. The van der Waals surface area contributed by atoms with Crippen LogP contribution in [-0.4, -0.2) is 28.6 Å². The lowest BCUT2D eigenvalue weighted by Gasteiger charge is -2.57. The fraction of sp³-hybridized carbons (Fsp3) is 0.750. The van der Waals surface area contributed by atoms with E-state index in [1.165, 1.54) is 30.9 Å². The second-order valence-electron chi connectivity index (χ2n) is 8.82. The number of aliphatic hydroxyl groups excluding tert-OH is 2. The molecule has 1 aliphatic heterocycles. The summed E-state index contributed by atoms with van der Waals surface area (Å²) in [5.74, 6) is 0.282. The molecular weight excluding hydrogens is 304 g/mol. The summed E-state index contributed by atoms with van der Waals surface area (Å²) in [7, 11) is 0. The Kier molecular flexibility index (Phi) is 4.42. The van der Waals surface area contributed by atoms with Crippen molar-refractivity contribution in [1.82, 2.24) is 0 Å². The second kappa shape index (κ2) is 5.99. The van der Waals surface area contributed by atoms with E-state index >= 15 is 0 Å². The van der Waals surface area contributed by atoms with Crippen molar-refractivity contribution in [2.45, 2.75) is 72.2 Å². The fourth-order valence-corrected chi connectivity index (χ4v) is 5.63. The first-order chi connectivity index (χ1) is 11.1. The Morgan fingerprint density at radius 2 is 2.04 bits per heavy atom. The van der Waals surface area contributed by atoms with Crippen molar-refractivity contribution in [1.29, 1.82) is 0 Å². The van der Waals surface area contributed by atoms with Gasteiger partial charge in [0.1, 0.15) is 0 Å². The summed E-state index contributed by atoms with van der Waals surface area (Å²) >= 11 is 0. The van der Waals surface area contributed by atoms with Gasteiger partial charge in [-0.05, 0) is 55.3 Å². The van der Waals surface area contributed by atoms with Gasteiger partial charge in [-0.1, -0.05) is 38.8 Å². The normalized spacial score (nSPS) is 39.6. The van der Waals surface area contributed by atoms with Crippen LogP contribution in [0.2, 0.25) is 0 Å². The lowest BCUT2D eigenvalue weighted by Crippen LogP contribution is -2.49. The summed E-state index contributed by atoms with van der Waals surface area (Å²) < 4.78 is 4.73. The average molecular weight is 334 g/mol. The minimum Gasteiger partial charge on any atom is -0.429 e. The smallest absolute Gasteiger partial charge is 0.333 e. The molecule has 1 heterocycles. The average Bonchev–Trinajstić information content (AvgIpc) is 2.80. The number of hydrogen-bond acceptors (Lipinski definition) is 4.